The molecule has 0 amide bonds. The smallest absolute Gasteiger partial charge is 0.416 e. The Kier molecular flexibility index (Phi) is 4.29. The highest BCUT2D eigenvalue weighted by Crippen LogP contribution is 2.34. The van der Waals surface area contributed by atoms with Crippen molar-refractivity contribution in [1.29, 1.82) is 0 Å². The molecule has 0 bridgehead atoms. The second-order valence-electron chi connectivity index (χ2n) is 3.96. The number of hydrogen-bond acceptors (Lipinski definition) is 3. The minimum Gasteiger partial charge on any atom is -0.456 e. The summed E-state index contributed by atoms with van der Waals surface area (Å²) in [6.45, 7) is -0.219. The van der Waals surface area contributed by atoms with Crippen LogP contribution >= 0.6 is 15.9 Å². The third-order valence-electron chi connectivity index (χ3n) is 2.52. The van der Waals surface area contributed by atoms with E-state index in [2.05, 4.69) is 20.9 Å². The second-order valence-corrected chi connectivity index (χ2v) is 4.88. The molecule has 0 saturated carbocycles. The number of benzene rings is 1. The van der Waals surface area contributed by atoms with Gasteiger partial charge in [-0.05, 0) is 45.8 Å². The van der Waals surface area contributed by atoms with Crippen molar-refractivity contribution in [2.45, 2.75) is 12.7 Å². The average Bonchev–Trinajstić information content (AvgIpc) is 2.37. The molecule has 1 aromatic carbocycles. The lowest BCUT2D eigenvalue weighted by Gasteiger charge is -2.13. The Morgan fingerprint density at radius 1 is 1.15 bits per heavy atom. The van der Waals surface area contributed by atoms with Crippen molar-refractivity contribution in [3.05, 3.63) is 52.3 Å². The monoisotopic (exact) mass is 346 g/mol. The topological polar surface area (TPSA) is 48.1 Å². The zero-order valence-electron chi connectivity index (χ0n) is 10.1. The minimum atomic E-state index is -4.43. The van der Waals surface area contributed by atoms with Gasteiger partial charge in [0.05, 0.1) is 11.8 Å². The average molecular weight is 347 g/mol. The number of halogens is 4. The first-order valence-corrected chi connectivity index (χ1v) is 6.38. The van der Waals surface area contributed by atoms with Crippen LogP contribution in [0.4, 0.5) is 13.2 Å². The predicted molar refractivity (Wildman–Crippen MR) is 71.3 cm³/mol. The molecule has 0 unspecified atom stereocenters. The third kappa shape index (κ3) is 3.49. The summed E-state index contributed by atoms with van der Waals surface area (Å²) in [6, 6.07) is 5.16. The van der Waals surface area contributed by atoms with Crippen molar-refractivity contribution in [3.8, 4) is 11.5 Å². The van der Waals surface area contributed by atoms with Crippen LogP contribution < -0.4 is 10.5 Å². The molecule has 0 fully saturated rings. The van der Waals surface area contributed by atoms with Crippen LogP contribution in [-0.2, 0) is 12.7 Å². The van der Waals surface area contributed by atoms with E-state index < -0.39 is 11.7 Å². The van der Waals surface area contributed by atoms with Gasteiger partial charge < -0.3 is 10.5 Å². The molecule has 0 aliphatic heterocycles. The van der Waals surface area contributed by atoms with Crippen molar-refractivity contribution in [1.82, 2.24) is 4.98 Å². The molecule has 106 valence electrons. The first-order valence-electron chi connectivity index (χ1n) is 5.59. The fraction of sp³-hybridized carbons (Fsp3) is 0.154. The molecule has 0 radical (unpaired) electrons. The number of nitrogens with two attached hydrogens (primary N) is 1. The van der Waals surface area contributed by atoms with Gasteiger partial charge in [-0.25, -0.2) is 0 Å². The number of ether oxygens (including phenoxy) is 1. The Balaban J connectivity index is 2.30. The van der Waals surface area contributed by atoms with Crippen LogP contribution in [0.15, 0.2) is 41.1 Å². The van der Waals surface area contributed by atoms with E-state index in [1.165, 1.54) is 18.3 Å². The van der Waals surface area contributed by atoms with Gasteiger partial charge in [0.1, 0.15) is 11.5 Å². The molecule has 0 atom stereocenters. The summed E-state index contributed by atoms with van der Waals surface area (Å²) in [4.78, 5) is 3.90. The Morgan fingerprint density at radius 3 is 2.50 bits per heavy atom. The SMILES string of the molecule is NCc1cc(Oc2cncc(Br)c2)ccc1C(F)(F)F. The van der Waals surface area contributed by atoms with Gasteiger partial charge in [-0.2, -0.15) is 13.2 Å². The highest BCUT2D eigenvalue weighted by atomic mass is 79.9. The van der Waals surface area contributed by atoms with Gasteiger partial charge in [-0.15, -0.1) is 0 Å². The van der Waals surface area contributed by atoms with E-state index in [1.54, 1.807) is 12.3 Å². The molecule has 2 N–H and O–H groups in total. The van der Waals surface area contributed by atoms with E-state index >= 15 is 0 Å². The first-order chi connectivity index (χ1) is 9.40. The number of hydrogen-bond donors (Lipinski definition) is 1. The minimum absolute atomic E-state index is 0.0158. The zero-order valence-corrected chi connectivity index (χ0v) is 11.7. The van der Waals surface area contributed by atoms with Crippen LogP contribution in [0.1, 0.15) is 11.1 Å². The Morgan fingerprint density at radius 2 is 1.90 bits per heavy atom. The predicted octanol–water partition coefficient (Wildman–Crippen LogP) is 4.11. The molecule has 1 aromatic heterocycles. The summed E-state index contributed by atoms with van der Waals surface area (Å²) in [6.07, 6.45) is -1.39. The molecule has 7 heteroatoms. The number of pyridine rings is 1. The molecule has 0 aliphatic rings. The van der Waals surface area contributed by atoms with Gasteiger partial charge in [-0.1, -0.05) is 0 Å². The quantitative estimate of drug-likeness (QED) is 0.909. The van der Waals surface area contributed by atoms with Gasteiger partial charge in [0.2, 0.25) is 0 Å². The van der Waals surface area contributed by atoms with Crippen LogP contribution in [0.3, 0.4) is 0 Å². The third-order valence-corrected chi connectivity index (χ3v) is 2.95. The van der Waals surface area contributed by atoms with Gasteiger partial charge >= 0.3 is 6.18 Å². The summed E-state index contributed by atoms with van der Waals surface area (Å²) in [5, 5.41) is 0. The van der Waals surface area contributed by atoms with E-state index in [4.69, 9.17) is 10.5 Å². The second kappa shape index (κ2) is 5.80. The summed E-state index contributed by atoms with van der Waals surface area (Å²) >= 11 is 3.23. The van der Waals surface area contributed by atoms with Crippen molar-refractivity contribution < 1.29 is 17.9 Å². The normalized spacial score (nSPS) is 11.4. The maximum atomic E-state index is 12.7. The lowest BCUT2D eigenvalue weighted by atomic mass is 10.1. The number of alkyl halides is 3. The van der Waals surface area contributed by atoms with Gasteiger partial charge in [0.25, 0.3) is 0 Å². The van der Waals surface area contributed by atoms with E-state index in [0.29, 0.717) is 10.2 Å². The van der Waals surface area contributed by atoms with Crippen LogP contribution in [0.5, 0.6) is 11.5 Å². The van der Waals surface area contributed by atoms with Crippen LogP contribution in [-0.4, -0.2) is 4.98 Å². The summed E-state index contributed by atoms with van der Waals surface area (Å²) in [5.41, 5.74) is 4.59. The Bertz CT molecular complexity index is 617. The molecule has 2 aromatic rings. The lowest BCUT2D eigenvalue weighted by molar-refractivity contribution is -0.138. The van der Waals surface area contributed by atoms with E-state index in [0.717, 1.165) is 6.07 Å². The summed E-state index contributed by atoms with van der Waals surface area (Å²) in [5.74, 6) is 0.695. The molecular weight excluding hydrogens is 337 g/mol. The van der Waals surface area contributed by atoms with E-state index in [-0.39, 0.29) is 17.9 Å². The van der Waals surface area contributed by atoms with Crippen molar-refractivity contribution in [2.75, 3.05) is 0 Å². The molecule has 0 saturated heterocycles. The fourth-order valence-corrected chi connectivity index (χ4v) is 2.01. The number of nitrogens with zero attached hydrogens (tertiary/aromatic N) is 1. The lowest BCUT2D eigenvalue weighted by Crippen LogP contribution is -2.11. The van der Waals surface area contributed by atoms with E-state index in [9.17, 15) is 13.2 Å². The molecule has 0 spiro atoms. The highest BCUT2D eigenvalue weighted by Gasteiger charge is 2.33. The van der Waals surface area contributed by atoms with Gasteiger partial charge in [0, 0.05) is 17.2 Å². The van der Waals surface area contributed by atoms with Gasteiger partial charge in [0.15, 0.2) is 0 Å². The fourth-order valence-electron chi connectivity index (χ4n) is 1.66. The number of aromatic nitrogens is 1. The first kappa shape index (κ1) is 14.8. The van der Waals surface area contributed by atoms with Gasteiger partial charge in [-0.3, -0.25) is 4.98 Å². The van der Waals surface area contributed by atoms with Crippen molar-refractivity contribution in [2.24, 2.45) is 5.73 Å². The molecular formula is C13H10BrF3N2O. The van der Waals surface area contributed by atoms with Crippen LogP contribution in [0, 0.1) is 0 Å². The highest BCUT2D eigenvalue weighted by molar-refractivity contribution is 9.10. The van der Waals surface area contributed by atoms with Crippen molar-refractivity contribution in [3.63, 3.8) is 0 Å². The maximum Gasteiger partial charge on any atom is 0.416 e. The largest absolute Gasteiger partial charge is 0.456 e. The molecule has 1 heterocycles. The Labute approximate surface area is 121 Å². The zero-order chi connectivity index (χ0) is 14.8. The maximum absolute atomic E-state index is 12.7. The van der Waals surface area contributed by atoms with E-state index in [1.807, 2.05) is 0 Å². The molecule has 2 rings (SSSR count). The number of rotatable bonds is 3. The standard InChI is InChI=1S/C13H10BrF3N2O/c14-9-4-11(7-19-6-9)20-10-1-2-12(13(15,16)17)8(3-10)5-18/h1-4,6-7H,5,18H2. The van der Waals surface area contributed by atoms with Crippen molar-refractivity contribution >= 4 is 15.9 Å². The molecule has 0 aliphatic carbocycles. The molecule has 3 nitrogen and oxygen atoms in total. The van der Waals surface area contributed by atoms with Crippen LogP contribution in [0.2, 0.25) is 0 Å². The summed E-state index contributed by atoms with van der Waals surface area (Å²) in [7, 11) is 0. The van der Waals surface area contributed by atoms with Crippen LogP contribution in [0.25, 0.3) is 0 Å². The molecule has 20 heavy (non-hydrogen) atoms. The Hall–Kier alpha value is -1.60. The summed E-state index contributed by atoms with van der Waals surface area (Å²) < 4.78 is 44.4.